The van der Waals surface area contributed by atoms with Gasteiger partial charge in [0.25, 0.3) is 0 Å². The van der Waals surface area contributed by atoms with E-state index in [4.69, 9.17) is 4.74 Å². The molecule has 11 heteroatoms. The lowest BCUT2D eigenvalue weighted by Gasteiger charge is -2.25. The fraction of sp³-hybridized carbons (Fsp3) is 0.409. The molecule has 0 atom stereocenters. The SMILES string of the molecule is COc1ccc(S(=O)(=O)N(C)C)cc1NC(=O)Cc1ccc(S(=O)(=O)N2CCCCC2)cc1. The molecule has 0 aliphatic carbocycles. The molecule has 1 saturated heterocycles. The summed E-state index contributed by atoms with van der Waals surface area (Å²) in [6, 6.07) is 10.5. The molecule has 0 radical (unpaired) electrons. The molecule has 9 nitrogen and oxygen atoms in total. The van der Waals surface area contributed by atoms with Crippen molar-refractivity contribution < 1.29 is 26.4 Å². The Hall–Kier alpha value is -2.47. The second-order valence-electron chi connectivity index (χ2n) is 7.98. The van der Waals surface area contributed by atoms with Gasteiger partial charge in [0.05, 0.1) is 29.0 Å². The summed E-state index contributed by atoms with van der Waals surface area (Å²) in [6.07, 6.45) is 2.74. The van der Waals surface area contributed by atoms with E-state index in [1.54, 1.807) is 12.1 Å². The van der Waals surface area contributed by atoms with Crippen LogP contribution in [0.4, 0.5) is 5.69 Å². The number of rotatable bonds is 8. The molecule has 1 N–H and O–H groups in total. The summed E-state index contributed by atoms with van der Waals surface area (Å²) in [5.41, 5.74) is 0.857. The summed E-state index contributed by atoms with van der Waals surface area (Å²) in [5.74, 6) is -0.0663. The van der Waals surface area contributed by atoms with Crippen LogP contribution >= 0.6 is 0 Å². The molecule has 0 aromatic heterocycles. The van der Waals surface area contributed by atoms with Crippen LogP contribution in [-0.4, -0.2) is 65.6 Å². The van der Waals surface area contributed by atoms with Crippen molar-refractivity contribution >= 4 is 31.6 Å². The summed E-state index contributed by atoms with van der Waals surface area (Å²) in [7, 11) is -2.95. The van der Waals surface area contributed by atoms with E-state index in [2.05, 4.69) is 5.32 Å². The number of piperidine rings is 1. The fourth-order valence-corrected chi connectivity index (χ4v) is 6.01. The van der Waals surface area contributed by atoms with Crippen molar-refractivity contribution in [3.05, 3.63) is 48.0 Å². The molecule has 0 unspecified atom stereocenters. The van der Waals surface area contributed by atoms with E-state index in [1.165, 1.54) is 55.8 Å². The highest BCUT2D eigenvalue weighted by Gasteiger charge is 2.26. The predicted molar refractivity (Wildman–Crippen MR) is 125 cm³/mol. The van der Waals surface area contributed by atoms with Gasteiger partial charge < -0.3 is 10.1 Å². The first-order valence-corrected chi connectivity index (χ1v) is 13.4. The monoisotopic (exact) mass is 495 g/mol. The molecule has 1 aliphatic rings. The maximum atomic E-state index is 12.8. The summed E-state index contributed by atoms with van der Waals surface area (Å²) in [6.45, 7) is 1.05. The van der Waals surface area contributed by atoms with Crippen LogP contribution in [0.25, 0.3) is 0 Å². The minimum atomic E-state index is -3.68. The lowest BCUT2D eigenvalue weighted by atomic mass is 10.1. The van der Waals surface area contributed by atoms with Crippen molar-refractivity contribution in [3.63, 3.8) is 0 Å². The van der Waals surface area contributed by atoms with Gasteiger partial charge in [-0.05, 0) is 48.7 Å². The summed E-state index contributed by atoms with van der Waals surface area (Å²) in [5, 5.41) is 2.68. The lowest BCUT2D eigenvalue weighted by Crippen LogP contribution is -2.35. The van der Waals surface area contributed by atoms with Crippen LogP contribution in [0.15, 0.2) is 52.3 Å². The topological polar surface area (TPSA) is 113 Å². The summed E-state index contributed by atoms with van der Waals surface area (Å²) in [4.78, 5) is 12.9. The van der Waals surface area contributed by atoms with Crippen LogP contribution in [0.5, 0.6) is 5.75 Å². The molecule has 0 spiro atoms. The van der Waals surface area contributed by atoms with Crippen molar-refractivity contribution in [1.29, 1.82) is 0 Å². The van der Waals surface area contributed by atoms with E-state index in [0.717, 1.165) is 23.6 Å². The largest absolute Gasteiger partial charge is 0.495 e. The number of ether oxygens (including phenoxy) is 1. The van der Waals surface area contributed by atoms with Gasteiger partial charge in [-0.25, -0.2) is 21.1 Å². The number of methoxy groups -OCH3 is 1. The van der Waals surface area contributed by atoms with E-state index in [9.17, 15) is 21.6 Å². The molecule has 2 aromatic carbocycles. The molecule has 1 aliphatic heterocycles. The molecule has 2 aromatic rings. The van der Waals surface area contributed by atoms with Gasteiger partial charge in [-0.2, -0.15) is 4.31 Å². The second kappa shape index (κ2) is 10.2. The van der Waals surface area contributed by atoms with E-state index < -0.39 is 20.0 Å². The van der Waals surface area contributed by atoms with Crippen molar-refractivity contribution in [2.45, 2.75) is 35.5 Å². The van der Waals surface area contributed by atoms with Gasteiger partial charge in [0.2, 0.25) is 26.0 Å². The number of nitrogens with zero attached hydrogens (tertiary/aromatic N) is 2. The first-order chi connectivity index (χ1) is 15.6. The van der Waals surface area contributed by atoms with Crippen molar-refractivity contribution in [1.82, 2.24) is 8.61 Å². The van der Waals surface area contributed by atoms with Gasteiger partial charge in [0.1, 0.15) is 5.75 Å². The second-order valence-corrected chi connectivity index (χ2v) is 12.1. The minimum Gasteiger partial charge on any atom is -0.495 e. The van der Waals surface area contributed by atoms with Gasteiger partial charge in [0.15, 0.2) is 0 Å². The molecule has 1 heterocycles. The molecule has 3 rings (SSSR count). The zero-order valence-corrected chi connectivity index (χ0v) is 20.6. The lowest BCUT2D eigenvalue weighted by molar-refractivity contribution is -0.115. The Morgan fingerprint density at radius 1 is 0.970 bits per heavy atom. The summed E-state index contributed by atoms with van der Waals surface area (Å²) < 4.78 is 58.2. The Kier molecular flexibility index (Phi) is 7.78. The molecule has 180 valence electrons. The smallest absolute Gasteiger partial charge is 0.243 e. The number of amides is 1. The Labute approximate surface area is 195 Å². The highest BCUT2D eigenvalue weighted by atomic mass is 32.2. The quantitative estimate of drug-likeness (QED) is 0.601. The number of anilines is 1. The third-order valence-corrected chi connectivity index (χ3v) is 9.19. The number of hydrogen-bond donors (Lipinski definition) is 1. The van der Waals surface area contributed by atoms with Gasteiger partial charge in [-0.1, -0.05) is 18.6 Å². The average molecular weight is 496 g/mol. The van der Waals surface area contributed by atoms with Crippen LogP contribution in [-0.2, 0) is 31.3 Å². The van der Waals surface area contributed by atoms with E-state index in [-0.39, 0.29) is 27.8 Å². The number of benzene rings is 2. The highest BCUT2D eigenvalue weighted by Crippen LogP contribution is 2.29. The number of carbonyl (C=O) groups excluding carboxylic acids is 1. The normalized spacial score (nSPS) is 15.4. The Morgan fingerprint density at radius 3 is 2.15 bits per heavy atom. The standard InChI is InChI=1S/C22H29N3O6S2/c1-24(2)32(27,28)19-11-12-21(31-3)20(16-19)23-22(26)15-17-7-9-18(10-8-17)33(29,30)25-13-5-4-6-14-25/h7-12,16H,4-6,13-15H2,1-3H3,(H,23,26). The van der Waals surface area contributed by atoms with Crippen molar-refractivity contribution in [2.75, 3.05) is 39.6 Å². The van der Waals surface area contributed by atoms with Crippen LogP contribution in [0.1, 0.15) is 24.8 Å². The Balaban J connectivity index is 1.73. The molecular formula is C22H29N3O6S2. The van der Waals surface area contributed by atoms with Crippen LogP contribution in [0, 0.1) is 0 Å². The zero-order valence-electron chi connectivity index (χ0n) is 18.9. The van der Waals surface area contributed by atoms with Gasteiger partial charge >= 0.3 is 0 Å². The number of hydrogen-bond acceptors (Lipinski definition) is 6. The zero-order chi connectivity index (χ0) is 24.2. The number of carbonyl (C=O) groups is 1. The number of nitrogens with one attached hydrogen (secondary N) is 1. The third kappa shape index (κ3) is 5.72. The van der Waals surface area contributed by atoms with Crippen LogP contribution in [0.3, 0.4) is 0 Å². The first kappa shape index (κ1) is 25.2. The fourth-order valence-electron chi connectivity index (χ4n) is 3.57. The molecule has 0 bridgehead atoms. The highest BCUT2D eigenvalue weighted by molar-refractivity contribution is 7.89. The first-order valence-electron chi connectivity index (χ1n) is 10.5. The maximum Gasteiger partial charge on any atom is 0.243 e. The third-order valence-electron chi connectivity index (χ3n) is 5.46. The molecule has 1 amide bonds. The van der Waals surface area contributed by atoms with E-state index in [1.807, 2.05) is 0 Å². The van der Waals surface area contributed by atoms with Crippen molar-refractivity contribution in [3.8, 4) is 5.75 Å². The van der Waals surface area contributed by atoms with Gasteiger partial charge in [-0.15, -0.1) is 0 Å². The molecular weight excluding hydrogens is 466 g/mol. The van der Waals surface area contributed by atoms with Crippen LogP contribution in [0.2, 0.25) is 0 Å². The van der Waals surface area contributed by atoms with Gasteiger partial charge in [0, 0.05) is 27.2 Å². The van der Waals surface area contributed by atoms with Crippen molar-refractivity contribution in [2.24, 2.45) is 0 Å². The predicted octanol–water partition coefficient (Wildman–Crippen LogP) is 2.30. The summed E-state index contributed by atoms with van der Waals surface area (Å²) >= 11 is 0. The Morgan fingerprint density at radius 2 is 1.58 bits per heavy atom. The van der Waals surface area contributed by atoms with Crippen LogP contribution < -0.4 is 10.1 Å². The Bertz CT molecular complexity index is 1200. The molecule has 1 fully saturated rings. The van der Waals surface area contributed by atoms with E-state index in [0.29, 0.717) is 24.4 Å². The van der Waals surface area contributed by atoms with Gasteiger partial charge in [-0.3, -0.25) is 4.79 Å². The van der Waals surface area contributed by atoms with E-state index >= 15 is 0 Å². The molecule has 33 heavy (non-hydrogen) atoms. The minimum absolute atomic E-state index is 0.0160. The maximum absolute atomic E-state index is 12.8. The number of sulfonamides is 2. The average Bonchev–Trinajstić information content (AvgIpc) is 2.79. The molecule has 0 saturated carbocycles.